The number of aliphatic hydroxyl groups excluding tert-OH is 1. The summed E-state index contributed by atoms with van der Waals surface area (Å²) in [5.41, 5.74) is 3.44. The third kappa shape index (κ3) is 6.70. The molecule has 6 nitrogen and oxygen atoms in total. The number of aryl methyl sites for hydroxylation is 1. The third-order valence-corrected chi connectivity index (χ3v) is 5.19. The van der Waals surface area contributed by atoms with Crippen molar-refractivity contribution in [1.29, 1.82) is 0 Å². The summed E-state index contributed by atoms with van der Waals surface area (Å²) in [6.07, 6.45) is 3.80. The number of hydrogen-bond acceptors (Lipinski definition) is 6. The third-order valence-electron chi connectivity index (χ3n) is 5.19. The normalized spacial score (nSPS) is 15.6. The van der Waals surface area contributed by atoms with Gasteiger partial charge in [0.15, 0.2) is 11.5 Å². The zero-order valence-electron chi connectivity index (χ0n) is 17.8. The molecule has 0 spiro atoms. The molecule has 29 heavy (non-hydrogen) atoms. The van der Waals surface area contributed by atoms with E-state index in [2.05, 4.69) is 40.0 Å². The van der Waals surface area contributed by atoms with Crippen molar-refractivity contribution >= 4 is 0 Å². The van der Waals surface area contributed by atoms with Gasteiger partial charge in [0.2, 0.25) is 0 Å². The van der Waals surface area contributed by atoms with Crippen LogP contribution >= 0.6 is 0 Å². The predicted octanol–water partition coefficient (Wildman–Crippen LogP) is 2.87. The smallest absolute Gasteiger partial charge is 0.161 e. The molecular weight excluding hydrogens is 366 g/mol. The topological polar surface area (TPSA) is 58.1 Å². The van der Waals surface area contributed by atoms with E-state index in [9.17, 15) is 5.11 Å². The van der Waals surface area contributed by atoms with Gasteiger partial charge in [-0.2, -0.15) is 0 Å². The number of aromatic nitrogens is 1. The van der Waals surface area contributed by atoms with Crippen LogP contribution in [0.4, 0.5) is 0 Å². The van der Waals surface area contributed by atoms with E-state index in [-0.39, 0.29) is 6.61 Å². The largest absolute Gasteiger partial charge is 0.493 e. The van der Waals surface area contributed by atoms with Crippen LogP contribution in [-0.4, -0.2) is 66.4 Å². The number of hydrogen-bond donors (Lipinski definition) is 1. The number of pyridine rings is 1. The van der Waals surface area contributed by atoms with E-state index in [0.717, 1.165) is 37.4 Å². The molecular formula is C23H33N3O3. The monoisotopic (exact) mass is 399 g/mol. The molecule has 1 saturated heterocycles. The van der Waals surface area contributed by atoms with Crippen molar-refractivity contribution in [2.75, 3.05) is 40.4 Å². The Kier molecular flexibility index (Phi) is 7.86. The average Bonchev–Trinajstić information content (AvgIpc) is 3.19. The Morgan fingerprint density at radius 2 is 1.83 bits per heavy atom. The number of likely N-dealkylation sites (tertiary alicyclic amines) is 1. The molecule has 1 aromatic heterocycles. The first-order chi connectivity index (χ1) is 14.0. The van der Waals surface area contributed by atoms with Crippen LogP contribution in [0.25, 0.3) is 0 Å². The highest BCUT2D eigenvalue weighted by Crippen LogP contribution is 2.29. The lowest BCUT2D eigenvalue weighted by atomic mass is 10.1. The molecule has 2 aromatic rings. The summed E-state index contributed by atoms with van der Waals surface area (Å²) in [5, 5.41) is 10.2. The van der Waals surface area contributed by atoms with E-state index >= 15 is 0 Å². The minimum absolute atomic E-state index is 0.271. The molecule has 0 saturated carbocycles. The first-order valence-corrected chi connectivity index (χ1v) is 10.3. The summed E-state index contributed by atoms with van der Waals surface area (Å²) in [7, 11) is 3.75. The summed E-state index contributed by atoms with van der Waals surface area (Å²) in [4.78, 5) is 8.79. The molecule has 1 fully saturated rings. The molecule has 1 N–H and O–H groups in total. The number of methoxy groups -OCH3 is 1. The molecule has 0 radical (unpaired) electrons. The van der Waals surface area contributed by atoms with Gasteiger partial charge in [0.25, 0.3) is 0 Å². The fourth-order valence-corrected chi connectivity index (χ4v) is 3.81. The Balaban J connectivity index is 1.53. The number of ether oxygens (including phenoxy) is 2. The highest BCUT2D eigenvalue weighted by Gasteiger charge is 2.17. The number of β-amino-alcohol motifs (C(OH)–C–C–N with tert-alkyl or cyclic N) is 1. The van der Waals surface area contributed by atoms with Gasteiger partial charge in [0, 0.05) is 31.5 Å². The average molecular weight is 400 g/mol. The van der Waals surface area contributed by atoms with E-state index in [1.165, 1.54) is 18.4 Å². The van der Waals surface area contributed by atoms with Gasteiger partial charge >= 0.3 is 0 Å². The number of nitrogens with zero attached hydrogens (tertiary/aromatic N) is 3. The maximum atomic E-state index is 10.2. The van der Waals surface area contributed by atoms with Crippen molar-refractivity contribution in [1.82, 2.24) is 14.8 Å². The SMILES string of the molecule is COc1cc(CN(C)Cc2ccnc(C)c2)ccc1OC[C@@H](O)CN1CCCC1. The van der Waals surface area contributed by atoms with E-state index in [0.29, 0.717) is 18.0 Å². The van der Waals surface area contributed by atoms with Crippen molar-refractivity contribution in [3.8, 4) is 11.5 Å². The van der Waals surface area contributed by atoms with Gasteiger partial charge in [-0.1, -0.05) is 6.07 Å². The molecule has 1 aliphatic rings. The zero-order valence-corrected chi connectivity index (χ0v) is 17.8. The Morgan fingerprint density at radius 3 is 2.52 bits per heavy atom. The molecule has 0 unspecified atom stereocenters. The van der Waals surface area contributed by atoms with Gasteiger partial charge in [-0.05, 0) is 75.3 Å². The Bertz CT molecular complexity index is 778. The molecule has 3 rings (SSSR count). The van der Waals surface area contributed by atoms with Gasteiger partial charge < -0.3 is 19.5 Å². The fraction of sp³-hybridized carbons (Fsp3) is 0.522. The second-order valence-electron chi connectivity index (χ2n) is 7.94. The number of benzene rings is 1. The molecule has 1 aliphatic heterocycles. The highest BCUT2D eigenvalue weighted by atomic mass is 16.5. The first kappa shape index (κ1) is 21.6. The van der Waals surface area contributed by atoms with Gasteiger partial charge in [-0.25, -0.2) is 0 Å². The molecule has 6 heteroatoms. The van der Waals surface area contributed by atoms with Gasteiger partial charge in [-0.15, -0.1) is 0 Å². The van der Waals surface area contributed by atoms with E-state index in [1.54, 1.807) is 7.11 Å². The molecule has 0 amide bonds. The van der Waals surface area contributed by atoms with Gasteiger partial charge in [-0.3, -0.25) is 9.88 Å². The summed E-state index contributed by atoms with van der Waals surface area (Å²) < 4.78 is 11.4. The van der Waals surface area contributed by atoms with Gasteiger partial charge in [0.1, 0.15) is 12.7 Å². The van der Waals surface area contributed by atoms with Crippen LogP contribution in [0.15, 0.2) is 36.5 Å². The molecule has 158 valence electrons. The lowest BCUT2D eigenvalue weighted by molar-refractivity contribution is 0.0747. The number of rotatable bonds is 10. The maximum absolute atomic E-state index is 10.2. The minimum atomic E-state index is -0.493. The van der Waals surface area contributed by atoms with Crippen LogP contribution in [0.3, 0.4) is 0 Å². The summed E-state index contributed by atoms with van der Waals surface area (Å²) >= 11 is 0. The van der Waals surface area contributed by atoms with Gasteiger partial charge in [0.05, 0.1) is 7.11 Å². The van der Waals surface area contributed by atoms with Crippen molar-refractivity contribution in [3.63, 3.8) is 0 Å². The molecule has 1 atom stereocenters. The minimum Gasteiger partial charge on any atom is -0.493 e. The first-order valence-electron chi connectivity index (χ1n) is 10.3. The Hall–Kier alpha value is -2.15. The summed E-state index contributed by atoms with van der Waals surface area (Å²) in [6.45, 7) is 6.74. The second kappa shape index (κ2) is 10.6. The summed E-state index contributed by atoms with van der Waals surface area (Å²) in [6, 6.07) is 10.2. The van der Waals surface area contributed by atoms with Crippen LogP contribution in [-0.2, 0) is 13.1 Å². The van der Waals surface area contributed by atoms with Crippen molar-refractivity contribution in [2.24, 2.45) is 0 Å². The Morgan fingerprint density at radius 1 is 1.10 bits per heavy atom. The van der Waals surface area contributed by atoms with E-state index in [1.807, 2.05) is 25.3 Å². The van der Waals surface area contributed by atoms with Crippen LogP contribution in [0.2, 0.25) is 0 Å². The Labute approximate surface area is 174 Å². The zero-order chi connectivity index (χ0) is 20.6. The standard InChI is InChI=1S/C23H33N3O3/c1-18-12-20(8-9-24-18)15-25(2)14-19-6-7-22(23(13-19)28-3)29-17-21(27)16-26-10-4-5-11-26/h6-9,12-13,21,27H,4-5,10-11,14-17H2,1-3H3/t21-/m0/s1. The fourth-order valence-electron chi connectivity index (χ4n) is 3.81. The molecule has 1 aromatic carbocycles. The van der Waals surface area contributed by atoms with Crippen LogP contribution in [0, 0.1) is 6.92 Å². The number of aliphatic hydroxyl groups is 1. The molecule has 2 heterocycles. The van der Waals surface area contributed by atoms with E-state index < -0.39 is 6.10 Å². The van der Waals surface area contributed by atoms with Crippen molar-refractivity contribution in [2.45, 2.75) is 39.0 Å². The summed E-state index contributed by atoms with van der Waals surface area (Å²) in [5.74, 6) is 1.37. The quantitative estimate of drug-likeness (QED) is 0.663. The van der Waals surface area contributed by atoms with Crippen molar-refractivity contribution in [3.05, 3.63) is 53.3 Å². The highest BCUT2D eigenvalue weighted by molar-refractivity contribution is 5.43. The maximum Gasteiger partial charge on any atom is 0.161 e. The van der Waals surface area contributed by atoms with E-state index in [4.69, 9.17) is 9.47 Å². The lowest BCUT2D eigenvalue weighted by Gasteiger charge is -2.21. The van der Waals surface area contributed by atoms with Crippen LogP contribution in [0.5, 0.6) is 11.5 Å². The van der Waals surface area contributed by atoms with Crippen LogP contribution in [0.1, 0.15) is 29.7 Å². The lowest BCUT2D eigenvalue weighted by Crippen LogP contribution is -2.33. The van der Waals surface area contributed by atoms with Crippen molar-refractivity contribution < 1.29 is 14.6 Å². The van der Waals surface area contributed by atoms with Crippen LogP contribution < -0.4 is 9.47 Å². The molecule has 0 bridgehead atoms. The second-order valence-corrected chi connectivity index (χ2v) is 7.94. The molecule has 0 aliphatic carbocycles. The predicted molar refractivity (Wildman–Crippen MR) is 114 cm³/mol.